The van der Waals surface area contributed by atoms with Crippen molar-refractivity contribution in [2.75, 3.05) is 0 Å². The van der Waals surface area contributed by atoms with Crippen LogP contribution in [0.3, 0.4) is 0 Å². The van der Waals surface area contributed by atoms with Crippen molar-refractivity contribution in [2.45, 2.75) is 0 Å². The molecule has 0 spiro atoms. The molecular weight excluding hydrogens is 338 g/mol. The number of hydrogen-bond acceptors (Lipinski definition) is 6. The van der Waals surface area contributed by atoms with Crippen molar-refractivity contribution < 1.29 is 4.92 Å². The SMILES string of the molecule is O=[N+]([O-])c1ccc(-c2csc3nnc4c5ccccc5nc-4n23)cc1. The van der Waals surface area contributed by atoms with Crippen LogP contribution in [0.25, 0.3) is 38.6 Å². The first-order valence-corrected chi connectivity index (χ1v) is 8.36. The lowest BCUT2D eigenvalue weighted by Crippen LogP contribution is -2.00. The molecule has 0 saturated heterocycles. The van der Waals surface area contributed by atoms with Gasteiger partial charge in [-0.05, 0) is 23.8 Å². The van der Waals surface area contributed by atoms with E-state index in [1.165, 1.54) is 23.5 Å². The van der Waals surface area contributed by atoms with Crippen molar-refractivity contribution in [1.82, 2.24) is 19.6 Å². The molecule has 0 saturated carbocycles. The van der Waals surface area contributed by atoms with Crippen molar-refractivity contribution in [3.63, 3.8) is 0 Å². The lowest BCUT2D eigenvalue weighted by molar-refractivity contribution is -0.384. The summed E-state index contributed by atoms with van der Waals surface area (Å²) in [6, 6.07) is 14.3. The Morgan fingerprint density at radius 2 is 1.84 bits per heavy atom. The van der Waals surface area contributed by atoms with Gasteiger partial charge in [-0.15, -0.1) is 21.5 Å². The van der Waals surface area contributed by atoms with E-state index in [2.05, 4.69) is 10.2 Å². The summed E-state index contributed by atoms with van der Waals surface area (Å²) in [5.41, 5.74) is 3.43. The van der Waals surface area contributed by atoms with Crippen LogP contribution in [-0.4, -0.2) is 24.5 Å². The molecule has 0 fully saturated rings. The Bertz CT molecular complexity index is 1230. The van der Waals surface area contributed by atoms with Crippen molar-refractivity contribution in [3.8, 4) is 22.8 Å². The highest BCUT2D eigenvalue weighted by atomic mass is 32.1. The maximum Gasteiger partial charge on any atom is 0.269 e. The zero-order valence-corrected chi connectivity index (χ0v) is 13.5. The molecule has 5 rings (SSSR count). The van der Waals surface area contributed by atoms with Crippen molar-refractivity contribution in [2.24, 2.45) is 0 Å². The zero-order chi connectivity index (χ0) is 17.0. The Labute approximate surface area is 144 Å². The van der Waals surface area contributed by atoms with Gasteiger partial charge < -0.3 is 0 Å². The van der Waals surface area contributed by atoms with Gasteiger partial charge in [-0.25, -0.2) is 4.98 Å². The van der Waals surface area contributed by atoms with Gasteiger partial charge in [-0.3, -0.25) is 14.5 Å². The van der Waals surface area contributed by atoms with E-state index < -0.39 is 4.92 Å². The Balaban J connectivity index is 1.79. The molecule has 1 aromatic heterocycles. The fraction of sp³-hybridized carbons (Fsp3) is 0. The number of nitro groups is 1. The average molecular weight is 347 g/mol. The van der Waals surface area contributed by atoms with E-state index in [1.54, 1.807) is 12.1 Å². The zero-order valence-electron chi connectivity index (χ0n) is 12.7. The number of thiazole rings is 1. The first-order chi connectivity index (χ1) is 12.2. The van der Waals surface area contributed by atoms with Gasteiger partial charge in [0.05, 0.1) is 16.1 Å². The smallest absolute Gasteiger partial charge is 0.266 e. The van der Waals surface area contributed by atoms with Gasteiger partial charge in [0.2, 0.25) is 4.96 Å². The topological polar surface area (TPSA) is 86.2 Å². The third-order valence-corrected chi connectivity index (χ3v) is 4.94. The van der Waals surface area contributed by atoms with Crippen LogP contribution in [0.15, 0.2) is 53.9 Å². The quantitative estimate of drug-likeness (QED) is 0.355. The monoisotopic (exact) mass is 347 g/mol. The van der Waals surface area contributed by atoms with Gasteiger partial charge in [-0.2, -0.15) is 0 Å². The van der Waals surface area contributed by atoms with Gasteiger partial charge in [0.25, 0.3) is 5.69 Å². The van der Waals surface area contributed by atoms with Crippen LogP contribution in [0, 0.1) is 10.1 Å². The maximum absolute atomic E-state index is 10.9. The Kier molecular flexibility index (Phi) is 2.83. The molecule has 7 nitrogen and oxygen atoms in total. The molecule has 8 heteroatoms. The molecule has 2 aliphatic heterocycles. The third-order valence-electron chi connectivity index (χ3n) is 4.13. The lowest BCUT2D eigenvalue weighted by Gasteiger charge is -2.05. The van der Waals surface area contributed by atoms with Crippen molar-refractivity contribution in [3.05, 3.63) is 64.0 Å². The number of non-ortho nitro benzene ring substituents is 1. The van der Waals surface area contributed by atoms with Gasteiger partial charge in [0.15, 0.2) is 5.82 Å². The van der Waals surface area contributed by atoms with E-state index in [1.807, 2.05) is 34.0 Å². The third kappa shape index (κ3) is 2.01. The second kappa shape index (κ2) is 5.05. The number of rotatable bonds is 2. The van der Waals surface area contributed by atoms with Gasteiger partial charge in [0.1, 0.15) is 5.69 Å². The molecule has 0 amide bonds. The summed E-state index contributed by atoms with van der Waals surface area (Å²) in [5.74, 6) is 0.737. The molecule has 3 aromatic rings. The molecule has 25 heavy (non-hydrogen) atoms. The molecule has 0 N–H and O–H groups in total. The standard InChI is InChI=1S/C17H9N5O2S/c23-22(24)11-7-5-10(6-8-11)14-9-25-17-20-19-15-12-3-1-2-4-13(12)18-16(15)21(14)17/h1-9H. The first kappa shape index (κ1) is 14.0. The summed E-state index contributed by atoms with van der Waals surface area (Å²) >= 11 is 1.46. The molecule has 3 heterocycles. The molecule has 2 aliphatic rings. The number of hydrogen-bond donors (Lipinski definition) is 0. The number of benzene rings is 2. The first-order valence-electron chi connectivity index (χ1n) is 7.48. The highest BCUT2D eigenvalue weighted by Crippen LogP contribution is 2.34. The fourth-order valence-electron chi connectivity index (χ4n) is 2.95. The lowest BCUT2D eigenvalue weighted by atomic mass is 10.1. The van der Waals surface area contributed by atoms with E-state index >= 15 is 0 Å². The molecule has 2 aromatic carbocycles. The van der Waals surface area contributed by atoms with E-state index in [0.717, 1.165) is 38.6 Å². The minimum Gasteiger partial charge on any atom is -0.266 e. The average Bonchev–Trinajstić information content (AvgIpc) is 3.23. The number of para-hydroxylation sites is 1. The number of aromatic nitrogens is 4. The van der Waals surface area contributed by atoms with Gasteiger partial charge in [0, 0.05) is 22.9 Å². The molecule has 0 atom stereocenters. The second-order valence-electron chi connectivity index (χ2n) is 5.54. The Morgan fingerprint density at radius 3 is 2.64 bits per heavy atom. The summed E-state index contributed by atoms with van der Waals surface area (Å²) in [4.78, 5) is 15.9. The van der Waals surface area contributed by atoms with E-state index in [-0.39, 0.29) is 5.69 Å². The molecular formula is C17H9N5O2S. The molecule has 0 unspecified atom stereocenters. The number of fused-ring (bicyclic) bond motifs is 5. The summed E-state index contributed by atoms with van der Waals surface area (Å²) in [6.07, 6.45) is 0. The minimum atomic E-state index is -0.405. The second-order valence-corrected chi connectivity index (χ2v) is 6.38. The van der Waals surface area contributed by atoms with E-state index in [4.69, 9.17) is 4.98 Å². The summed E-state index contributed by atoms with van der Waals surface area (Å²) in [5, 5.41) is 22.4. The Morgan fingerprint density at radius 1 is 1.04 bits per heavy atom. The fourth-order valence-corrected chi connectivity index (χ4v) is 3.78. The van der Waals surface area contributed by atoms with E-state index in [0.29, 0.717) is 0 Å². The van der Waals surface area contributed by atoms with Gasteiger partial charge >= 0.3 is 0 Å². The largest absolute Gasteiger partial charge is 0.269 e. The van der Waals surface area contributed by atoms with Crippen LogP contribution < -0.4 is 0 Å². The van der Waals surface area contributed by atoms with Crippen molar-refractivity contribution in [1.29, 1.82) is 0 Å². The van der Waals surface area contributed by atoms with Crippen molar-refractivity contribution >= 4 is 32.9 Å². The van der Waals surface area contributed by atoms with Crippen LogP contribution in [0.1, 0.15) is 0 Å². The van der Waals surface area contributed by atoms with Crippen LogP contribution in [-0.2, 0) is 0 Å². The summed E-state index contributed by atoms with van der Waals surface area (Å²) in [7, 11) is 0. The molecule has 120 valence electrons. The molecule has 0 bridgehead atoms. The summed E-state index contributed by atoms with van der Waals surface area (Å²) in [6.45, 7) is 0. The number of nitro benzene ring substituents is 1. The molecule has 0 radical (unpaired) electrons. The highest BCUT2D eigenvalue weighted by Gasteiger charge is 2.20. The predicted molar refractivity (Wildman–Crippen MR) is 94.9 cm³/mol. The summed E-state index contributed by atoms with van der Waals surface area (Å²) < 4.78 is 1.95. The van der Waals surface area contributed by atoms with Crippen LogP contribution >= 0.6 is 11.3 Å². The van der Waals surface area contributed by atoms with Crippen LogP contribution in [0.5, 0.6) is 0 Å². The highest BCUT2D eigenvalue weighted by molar-refractivity contribution is 7.15. The van der Waals surface area contributed by atoms with Gasteiger partial charge in [-0.1, -0.05) is 18.2 Å². The normalized spacial score (nSPS) is 11.5. The minimum absolute atomic E-state index is 0.0652. The predicted octanol–water partition coefficient (Wildman–Crippen LogP) is 4.02. The van der Waals surface area contributed by atoms with E-state index in [9.17, 15) is 10.1 Å². The van der Waals surface area contributed by atoms with Crippen LogP contribution in [0.2, 0.25) is 0 Å². The Hall–Kier alpha value is -3.39. The maximum atomic E-state index is 10.9. The van der Waals surface area contributed by atoms with Crippen LogP contribution in [0.4, 0.5) is 5.69 Å². The number of nitrogens with zero attached hydrogens (tertiary/aromatic N) is 5. The molecule has 0 aliphatic carbocycles.